The summed E-state index contributed by atoms with van der Waals surface area (Å²) in [5.41, 5.74) is 0.653. The molecule has 2 amide bonds. The van der Waals surface area contributed by atoms with Crippen LogP contribution >= 0.6 is 0 Å². The quantitative estimate of drug-likeness (QED) is 0.822. The number of rotatable bonds is 1. The smallest absolute Gasteiger partial charge is 0.313 e. The first-order valence-corrected chi connectivity index (χ1v) is 8.12. The highest BCUT2D eigenvalue weighted by Gasteiger charge is 2.29. The zero-order chi connectivity index (χ0) is 16.4. The van der Waals surface area contributed by atoms with Crippen LogP contribution in [0.15, 0.2) is 42.5 Å². The molecule has 0 spiro atoms. The minimum atomic E-state index is -0.554. The molecule has 23 heavy (non-hydrogen) atoms. The van der Waals surface area contributed by atoms with Crippen LogP contribution in [0.1, 0.15) is 20.3 Å². The van der Waals surface area contributed by atoms with Gasteiger partial charge in [0.1, 0.15) is 0 Å². The molecule has 1 aliphatic rings. The van der Waals surface area contributed by atoms with Crippen LogP contribution in [-0.4, -0.2) is 29.8 Å². The average Bonchev–Trinajstić information content (AvgIpc) is 2.53. The van der Waals surface area contributed by atoms with Crippen LogP contribution in [0.3, 0.4) is 0 Å². The molecule has 2 aromatic rings. The van der Waals surface area contributed by atoms with Gasteiger partial charge in [-0.15, -0.1) is 0 Å². The third-order valence-electron chi connectivity index (χ3n) is 4.36. The molecule has 4 nitrogen and oxygen atoms in total. The number of hydrogen-bond acceptors (Lipinski definition) is 2. The predicted octanol–water partition coefficient (Wildman–Crippen LogP) is 3.28. The fraction of sp³-hybridized carbons (Fsp3) is 0.368. The molecular formula is C19H22N2O2. The average molecular weight is 310 g/mol. The minimum absolute atomic E-state index is 0.434. The van der Waals surface area contributed by atoms with Gasteiger partial charge in [-0.25, -0.2) is 0 Å². The van der Waals surface area contributed by atoms with Gasteiger partial charge >= 0.3 is 11.8 Å². The SMILES string of the molecule is CC1CC(C)CN(C(=O)C(=O)Nc2ccc3ccccc3c2)C1. The first-order chi connectivity index (χ1) is 11.0. The van der Waals surface area contributed by atoms with Crippen LogP contribution in [0.4, 0.5) is 5.69 Å². The van der Waals surface area contributed by atoms with Gasteiger partial charge in [-0.05, 0) is 41.2 Å². The Morgan fingerprint density at radius 3 is 2.35 bits per heavy atom. The second kappa shape index (κ2) is 6.41. The summed E-state index contributed by atoms with van der Waals surface area (Å²) in [6.45, 7) is 5.57. The second-order valence-corrected chi connectivity index (χ2v) is 6.67. The second-order valence-electron chi connectivity index (χ2n) is 6.67. The number of likely N-dealkylation sites (tertiary alicyclic amines) is 1. The monoisotopic (exact) mass is 310 g/mol. The number of fused-ring (bicyclic) bond motifs is 1. The minimum Gasteiger partial charge on any atom is -0.334 e. The van der Waals surface area contributed by atoms with E-state index in [0.717, 1.165) is 17.2 Å². The summed E-state index contributed by atoms with van der Waals surface area (Å²) in [7, 11) is 0. The Balaban J connectivity index is 1.71. The first kappa shape index (κ1) is 15.5. The molecule has 120 valence electrons. The lowest BCUT2D eigenvalue weighted by atomic mass is 9.92. The number of nitrogens with one attached hydrogen (secondary N) is 1. The molecular weight excluding hydrogens is 288 g/mol. The lowest BCUT2D eigenvalue weighted by Crippen LogP contribution is -2.47. The summed E-state index contributed by atoms with van der Waals surface area (Å²) < 4.78 is 0. The third kappa shape index (κ3) is 3.52. The number of nitrogens with zero attached hydrogens (tertiary/aromatic N) is 1. The van der Waals surface area contributed by atoms with Crippen LogP contribution in [0, 0.1) is 11.8 Å². The molecule has 1 aliphatic heterocycles. The molecule has 1 heterocycles. The summed E-state index contributed by atoms with van der Waals surface area (Å²) in [6, 6.07) is 13.6. The molecule has 2 atom stereocenters. The van der Waals surface area contributed by atoms with Crippen LogP contribution < -0.4 is 5.32 Å². The van der Waals surface area contributed by atoms with Gasteiger partial charge in [0.15, 0.2) is 0 Å². The normalized spacial score (nSPS) is 21.2. The van der Waals surface area contributed by atoms with Gasteiger partial charge in [0, 0.05) is 18.8 Å². The van der Waals surface area contributed by atoms with Crippen molar-refractivity contribution in [3.8, 4) is 0 Å². The molecule has 0 aromatic heterocycles. The van der Waals surface area contributed by atoms with Gasteiger partial charge in [0.25, 0.3) is 0 Å². The highest BCUT2D eigenvalue weighted by molar-refractivity contribution is 6.39. The van der Waals surface area contributed by atoms with Crippen LogP contribution in [0.2, 0.25) is 0 Å². The predicted molar refractivity (Wildman–Crippen MR) is 92.1 cm³/mol. The van der Waals surface area contributed by atoms with E-state index in [0.29, 0.717) is 30.6 Å². The Kier molecular flexibility index (Phi) is 4.33. The molecule has 1 saturated heterocycles. The van der Waals surface area contributed by atoms with Crippen molar-refractivity contribution in [1.29, 1.82) is 0 Å². The zero-order valence-corrected chi connectivity index (χ0v) is 13.6. The molecule has 3 rings (SSSR count). The molecule has 2 unspecified atom stereocenters. The highest BCUT2D eigenvalue weighted by Crippen LogP contribution is 2.22. The van der Waals surface area contributed by atoms with Crippen molar-refractivity contribution in [2.75, 3.05) is 18.4 Å². The lowest BCUT2D eigenvalue weighted by Gasteiger charge is -2.34. The molecule has 0 radical (unpaired) electrons. The van der Waals surface area contributed by atoms with Gasteiger partial charge in [-0.1, -0.05) is 44.2 Å². The standard InChI is InChI=1S/C19H22N2O2/c1-13-9-14(2)12-21(11-13)19(23)18(22)20-17-8-7-15-5-3-4-6-16(15)10-17/h3-8,10,13-14H,9,11-12H2,1-2H3,(H,20,22). The fourth-order valence-corrected chi connectivity index (χ4v) is 3.42. The van der Waals surface area contributed by atoms with Gasteiger partial charge in [-0.2, -0.15) is 0 Å². The Morgan fingerprint density at radius 1 is 1.00 bits per heavy atom. The largest absolute Gasteiger partial charge is 0.334 e. The van der Waals surface area contributed by atoms with E-state index in [-0.39, 0.29) is 0 Å². The molecule has 1 fully saturated rings. The number of carbonyl (C=O) groups is 2. The summed E-state index contributed by atoms with van der Waals surface area (Å²) in [4.78, 5) is 26.3. The molecule has 0 saturated carbocycles. The maximum atomic E-state index is 12.4. The van der Waals surface area contributed by atoms with E-state index >= 15 is 0 Å². The molecule has 2 aromatic carbocycles. The molecule has 0 aliphatic carbocycles. The number of benzene rings is 2. The Bertz CT molecular complexity index is 731. The van der Waals surface area contributed by atoms with Gasteiger partial charge in [0.2, 0.25) is 0 Å². The zero-order valence-electron chi connectivity index (χ0n) is 13.6. The summed E-state index contributed by atoms with van der Waals surface area (Å²) >= 11 is 0. The molecule has 0 bridgehead atoms. The van der Waals surface area contributed by atoms with Crippen LogP contribution in [-0.2, 0) is 9.59 Å². The lowest BCUT2D eigenvalue weighted by molar-refractivity contribution is -0.144. The van der Waals surface area contributed by atoms with Gasteiger partial charge in [-0.3, -0.25) is 9.59 Å². The summed E-state index contributed by atoms with van der Waals surface area (Å²) in [6.07, 6.45) is 1.11. The van der Waals surface area contributed by atoms with Gasteiger partial charge in [0.05, 0.1) is 0 Å². The van der Waals surface area contributed by atoms with E-state index < -0.39 is 11.8 Å². The Hall–Kier alpha value is -2.36. The van der Waals surface area contributed by atoms with Gasteiger partial charge < -0.3 is 10.2 Å². The van der Waals surface area contributed by atoms with Crippen molar-refractivity contribution in [3.05, 3.63) is 42.5 Å². The van der Waals surface area contributed by atoms with E-state index in [1.807, 2.05) is 42.5 Å². The van der Waals surface area contributed by atoms with E-state index in [2.05, 4.69) is 19.2 Å². The first-order valence-electron chi connectivity index (χ1n) is 8.12. The fourth-order valence-electron chi connectivity index (χ4n) is 3.42. The van der Waals surface area contributed by atoms with Crippen molar-refractivity contribution < 1.29 is 9.59 Å². The topological polar surface area (TPSA) is 49.4 Å². The van der Waals surface area contributed by atoms with E-state index in [1.54, 1.807) is 4.90 Å². The molecule has 1 N–H and O–H groups in total. The van der Waals surface area contributed by atoms with E-state index in [1.165, 1.54) is 0 Å². The van der Waals surface area contributed by atoms with Crippen molar-refractivity contribution in [3.63, 3.8) is 0 Å². The van der Waals surface area contributed by atoms with Crippen molar-refractivity contribution in [2.24, 2.45) is 11.8 Å². The summed E-state index contributed by atoms with van der Waals surface area (Å²) in [5.74, 6) is -0.106. The summed E-state index contributed by atoms with van der Waals surface area (Å²) in [5, 5.41) is 4.88. The molecule has 4 heteroatoms. The Morgan fingerprint density at radius 2 is 1.65 bits per heavy atom. The van der Waals surface area contributed by atoms with Crippen molar-refractivity contribution in [1.82, 2.24) is 4.90 Å². The number of piperidine rings is 1. The Labute approximate surface area is 136 Å². The number of anilines is 1. The maximum absolute atomic E-state index is 12.4. The third-order valence-corrected chi connectivity index (χ3v) is 4.36. The van der Waals surface area contributed by atoms with E-state index in [9.17, 15) is 9.59 Å². The van der Waals surface area contributed by atoms with Crippen molar-refractivity contribution in [2.45, 2.75) is 20.3 Å². The number of carbonyl (C=O) groups excluding carboxylic acids is 2. The number of hydrogen-bond donors (Lipinski definition) is 1. The van der Waals surface area contributed by atoms with Crippen molar-refractivity contribution >= 4 is 28.3 Å². The maximum Gasteiger partial charge on any atom is 0.313 e. The van der Waals surface area contributed by atoms with Crippen LogP contribution in [0.25, 0.3) is 10.8 Å². The van der Waals surface area contributed by atoms with E-state index in [4.69, 9.17) is 0 Å². The van der Waals surface area contributed by atoms with Crippen LogP contribution in [0.5, 0.6) is 0 Å². The number of amides is 2. The highest BCUT2D eigenvalue weighted by atomic mass is 16.2.